The molecule has 2 aromatic heterocycles. The van der Waals surface area contributed by atoms with Gasteiger partial charge in [0.2, 0.25) is 5.91 Å². The Hall–Kier alpha value is -0.0800. The van der Waals surface area contributed by atoms with Crippen molar-refractivity contribution >= 4 is 92.5 Å². The zero-order chi connectivity index (χ0) is 28.2. The number of hydrogen-bond acceptors (Lipinski definition) is 5. The summed E-state index contributed by atoms with van der Waals surface area (Å²) >= 11 is 7.56. The van der Waals surface area contributed by atoms with Crippen molar-refractivity contribution in [3.63, 3.8) is 0 Å². The Morgan fingerprint density at radius 1 is 1.12 bits per heavy atom. The number of carbonyl (C=O) groups is 1. The molecule has 40 heavy (non-hydrogen) atoms. The lowest BCUT2D eigenvalue weighted by atomic mass is 9.65. The van der Waals surface area contributed by atoms with E-state index in [4.69, 9.17) is 0 Å². The average molecular weight is 901 g/mol. The van der Waals surface area contributed by atoms with Crippen LogP contribution < -0.4 is 10.7 Å². The van der Waals surface area contributed by atoms with Gasteiger partial charge in [-0.3, -0.25) is 15.0 Å². The van der Waals surface area contributed by atoms with Crippen LogP contribution in [0.2, 0.25) is 0 Å². The Bertz CT molecular complexity index is 1350. The van der Waals surface area contributed by atoms with E-state index >= 15 is 0 Å². The van der Waals surface area contributed by atoms with Crippen molar-refractivity contribution in [3.8, 4) is 0 Å². The highest BCUT2D eigenvalue weighted by Gasteiger charge is 2.43. The van der Waals surface area contributed by atoms with Crippen LogP contribution in [0.5, 0.6) is 0 Å². The smallest absolute Gasteiger partial charge is 0.272 e. The highest BCUT2D eigenvalue weighted by molar-refractivity contribution is 14.3. The van der Waals surface area contributed by atoms with E-state index in [-0.39, 0.29) is 17.5 Å². The zero-order valence-electron chi connectivity index (χ0n) is 23.2. The van der Waals surface area contributed by atoms with E-state index in [2.05, 4.69) is 113 Å². The number of alkyl halides is 3. The summed E-state index contributed by atoms with van der Waals surface area (Å²) < 4.78 is 2.03. The van der Waals surface area contributed by atoms with E-state index < -0.39 is 7.34 Å². The zero-order valence-corrected chi connectivity index (χ0v) is 30.6. The fourth-order valence-electron chi connectivity index (χ4n) is 7.72. The van der Waals surface area contributed by atoms with E-state index in [0.29, 0.717) is 23.0 Å². The first-order valence-corrected chi connectivity index (χ1v) is 19.4. The number of aromatic nitrogens is 1. The van der Waals surface area contributed by atoms with Gasteiger partial charge >= 0.3 is 0 Å². The number of rotatable bonds is 6. The molecular formula is C29H39I3N5O2P. The van der Waals surface area contributed by atoms with E-state index in [1.807, 2.05) is 11.2 Å². The molecule has 2 saturated carbocycles. The lowest BCUT2D eigenvalue weighted by Crippen LogP contribution is -2.49. The van der Waals surface area contributed by atoms with Gasteiger partial charge in [0.25, 0.3) is 5.29 Å². The molecule has 0 spiro atoms. The van der Waals surface area contributed by atoms with Crippen LogP contribution in [0.4, 0.5) is 0 Å². The molecule has 3 fully saturated rings. The van der Waals surface area contributed by atoms with Crippen molar-refractivity contribution in [1.82, 2.24) is 19.8 Å². The fraction of sp³-hybridized carbons (Fsp3) is 0.690. The monoisotopic (exact) mass is 901 g/mol. The molecule has 4 aliphatic rings. The molecule has 0 radical (unpaired) electrons. The molecule has 1 saturated heterocycles. The van der Waals surface area contributed by atoms with Gasteiger partial charge in [-0.25, -0.2) is 0 Å². The van der Waals surface area contributed by atoms with E-state index in [9.17, 15) is 9.59 Å². The molecule has 6 atom stereocenters. The number of nitrogens with one attached hydrogen (secondary N) is 1. The van der Waals surface area contributed by atoms with Crippen molar-refractivity contribution in [1.29, 1.82) is 0 Å². The molecule has 2 aliphatic carbocycles. The van der Waals surface area contributed by atoms with Gasteiger partial charge in [-0.05, 0) is 130 Å². The third-order valence-electron chi connectivity index (χ3n) is 10.0. The fourth-order valence-corrected chi connectivity index (χ4v) is 12.0. The lowest BCUT2D eigenvalue weighted by molar-refractivity contribution is -0.130. The van der Waals surface area contributed by atoms with Crippen LogP contribution in [0.15, 0.2) is 28.0 Å². The van der Waals surface area contributed by atoms with Crippen molar-refractivity contribution < 1.29 is 4.79 Å². The maximum atomic E-state index is 14.2. The Morgan fingerprint density at radius 3 is 2.52 bits per heavy atom. The van der Waals surface area contributed by atoms with Crippen LogP contribution >= 0.6 is 75.1 Å². The molecule has 4 heterocycles. The number of fused-ring (bicyclic) bond motifs is 1. The van der Waals surface area contributed by atoms with E-state index in [1.165, 1.54) is 48.3 Å². The minimum Gasteiger partial charge on any atom is -0.342 e. The Labute approximate surface area is 279 Å². The number of hydrogen-bond donors (Lipinski definition) is 1. The van der Waals surface area contributed by atoms with Crippen LogP contribution in [0, 0.1) is 17.8 Å². The summed E-state index contributed by atoms with van der Waals surface area (Å²) in [7, 11) is 1.11. The molecule has 1 amide bonds. The summed E-state index contributed by atoms with van der Waals surface area (Å²) in [6, 6.07) is 2.63. The standard InChI is InChI=1S/C29H39I3N5O2P/c1-18(38)36-11-5-9-21(14-36)22-13-24(29(30,31)32)25-15-37(28(39)40(25)16-22)23-10-4-8-20(12-23)26(19-6-3-7-19)27-34-33-17-35(27)2/h13,15-17,19-21,23,26-27,34H,3-12,14H2,1-2H3/t20?,21-,23?,26-,27?,40?/m1/s1. The van der Waals surface area contributed by atoms with Crippen LogP contribution in [0.25, 0.3) is 5.12 Å². The summed E-state index contributed by atoms with van der Waals surface area (Å²) in [4.78, 5) is 30.6. The number of piperidine rings is 1. The van der Waals surface area contributed by atoms with Gasteiger partial charge in [-0.2, -0.15) is 5.10 Å². The van der Waals surface area contributed by atoms with Gasteiger partial charge in [0, 0.05) is 61.8 Å². The highest BCUT2D eigenvalue weighted by Crippen LogP contribution is 2.53. The Morgan fingerprint density at radius 2 is 1.88 bits per heavy atom. The minimum atomic E-state index is -1.03. The first-order chi connectivity index (χ1) is 19.1. The van der Waals surface area contributed by atoms with Gasteiger partial charge in [-0.15, -0.1) is 0 Å². The molecule has 2 aromatic rings. The first kappa shape index (κ1) is 30.0. The number of hydrazone groups is 1. The quantitative estimate of drug-likeness (QED) is 0.243. The number of amides is 1. The highest BCUT2D eigenvalue weighted by atomic mass is 127. The van der Waals surface area contributed by atoms with Crippen molar-refractivity contribution in [3.05, 3.63) is 39.3 Å². The van der Waals surface area contributed by atoms with Crippen molar-refractivity contribution in [2.75, 3.05) is 20.1 Å². The second-order valence-electron chi connectivity index (χ2n) is 12.4. The molecule has 11 heteroatoms. The SMILES string of the molecule is CC(=O)N1CCC[C@@H](c2cc(C(I)(I)I)c3cn(C4CCCC([C@@H](C5CCC5)C5NN=CN5C)C4)c(=O)p3c2)C1. The second-order valence-corrected chi connectivity index (χ2v) is 25.3. The van der Waals surface area contributed by atoms with Crippen LogP contribution in [-0.4, -0.2) is 52.9 Å². The van der Waals surface area contributed by atoms with Crippen molar-refractivity contribution in [2.45, 2.75) is 82.3 Å². The first-order valence-electron chi connectivity index (χ1n) is 14.7. The third-order valence-corrected chi connectivity index (χ3v) is 13.8. The van der Waals surface area contributed by atoms with Crippen LogP contribution in [0.1, 0.15) is 87.8 Å². The summed E-state index contributed by atoms with van der Waals surface area (Å²) in [6.45, 7) is 3.29. The van der Waals surface area contributed by atoms with Crippen LogP contribution in [-0.2, 0) is 4.23 Å². The molecule has 0 aromatic carbocycles. The molecule has 0 bridgehead atoms. The van der Waals surface area contributed by atoms with Gasteiger partial charge in [0.15, 0.2) is 0 Å². The normalized spacial score (nSPS) is 29.0. The van der Waals surface area contributed by atoms with Gasteiger partial charge in [0.05, 0.1) is 0 Å². The van der Waals surface area contributed by atoms with Crippen molar-refractivity contribution in [2.24, 2.45) is 22.9 Å². The largest absolute Gasteiger partial charge is 0.342 e. The number of carbonyl (C=O) groups excluding carboxylic acids is 1. The molecule has 6 rings (SSSR count). The molecule has 4 unspecified atom stereocenters. The summed E-state index contributed by atoms with van der Waals surface area (Å²) in [6.07, 6.45) is 15.2. The van der Waals surface area contributed by atoms with Gasteiger partial charge in [-0.1, -0.05) is 31.7 Å². The topological polar surface area (TPSA) is 69.9 Å². The Kier molecular flexibility index (Phi) is 9.09. The van der Waals surface area contributed by atoms with Gasteiger partial charge in [0.1, 0.15) is 11.9 Å². The molecule has 2 aliphatic heterocycles. The summed E-state index contributed by atoms with van der Waals surface area (Å²) in [5, 5.41) is 5.95. The maximum Gasteiger partial charge on any atom is 0.272 e. The summed E-state index contributed by atoms with van der Waals surface area (Å²) in [5.41, 5.74) is 5.97. The maximum absolute atomic E-state index is 14.2. The third kappa shape index (κ3) is 5.86. The summed E-state index contributed by atoms with van der Waals surface area (Å²) in [5.74, 6) is 4.71. The number of nitrogens with zero attached hydrogens (tertiary/aromatic N) is 4. The average Bonchev–Trinajstić information content (AvgIpc) is 3.47. The molecule has 1 N–H and O–H groups in total. The van der Waals surface area contributed by atoms with E-state index in [1.54, 1.807) is 6.92 Å². The predicted octanol–water partition coefficient (Wildman–Crippen LogP) is 7.38. The minimum absolute atomic E-state index is 0.131. The Balaban J connectivity index is 1.34. The number of likely N-dealkylation sites (tertiary alicyclic amines) is 1. The lowest BCUT2D eigenvalue weighted by Gasteiger charge is -2.46. The predicted molar refractivity (Wildman–Crippen MR) is 189 cm³/mol. The molecule has 218 valence electrons. The van der Waals surface area contributed by atoms with Crippen LogP contribution in [0.3, 0.4) is 0 Å². The van der Waals surface area contributed by atoms with Gasteiger partial charge < -0.3 is 14.4 Å². The second kappa shape index (κ2) is 12.1. The molecular weight excluding hydrogens is 862 g/mol. The number of halogens is 3. The van der Waals surface area contributed by atoms with E-state index in [0.717, 1.165) is 44.7 Å². The molecule has 7 nitrogen and oxygen atoms in total.